The zero-order valence-electron chi connectivity index (χ0n) is 24.9. The molecule has 226 valence electrons. The SMILES string of the molecule is Cc1cc2c(cc1C(=O)N(C(C)C)[C@@H]1CCCN(C(=O)O)C1)N(CCNC(=O)OCc1ccccc1)C(=O)C(C)(C)S2. The Labute approximate surface area is 251 Å². The van der Waals surface area contributed by atoms with E-state index in [9.17, 15) is 24.3 Å². The fourth-order valence-electron chi connectivity index (χ4n) is 5.53. The van der Waals surface area contributed by atoms with Crippen molar-refractivity contribution in [2.45, 2.75) is 75.8 Å². The Hall–Kier alpha value is -3.73. The molecule has 0 bridgehead atoms. The van der Waals surface area contributed by atoms with Gasteiger partial charge >= 0.3 is 12.2 Å². The van der Waals surface area contributed by atoms with Crippen molar-refractivity contribution >= 4 is 41.5 Å². The van der Waals surface area contributed by atoms with Crippen LogP contribution in [0.15, 0.2) is 47.4 Å². The predicted molar refractivity (Wildman–Crippen MR) is 162 cm³/mol. The fraction of sp³-hybridized carbons (Fsp3) is 0.484. The van der Waals surface area contributed by atoms with Gasteiger partial charge in [-0.1, -0.05) is 30.3 Å². The molecule has 0 aliphatic carbocycles. The molecule has 0 saturated carbocycles. The number of piperidine rings is 1. The summed E-state index contributed by atoms with van der Waals surface area (Å²) in [6.07, 6.45) is -0.149. The van der Waals surface area contributed by atoms with Crippen LogP contribution in [0.5, 0.6) is 0 Å². The summed E-state index contributed by atoms with van der Waals surface area (Å²) in [4.78, 5) is 57.2. The molecule has 1 fully saturated rings. The van der Waals surface area contributed by atoms with E-state index in [-0.39, 0.29) is 50.1 Å². The van der Waals surface area contributed by atoms with Crippen LogP contribution in [-0.2, 0) is 16.1 Å². The number of hydrogen-bond donors (Lipinski definition) is 2. The number of thioether (sulfide) groups is 1. The fourth-order valence-corrected chi connectivity index (χ4v) is 6.79. The van der Waals surface area contributed by atoms with Gasteiger partial charge in [-0.15, -0.1) is 11.8 Å². The highest BCUT2D eigenvalue weighted by atomic mass is 32.2. The summed E-state index contributed by atoms with van der Waals surface area (Å²) in [5.41, 5.74) is 2.76. The number of aryl methyl sites for hydroxylation is 1. The molecule has 2 aromatic rings. The van der Waals surface area contributed by atoms with E-state index in [1.807, 2.05) is 71.0 Å². The number of carbonyl (C=O) groups excluding carboxylic acids is 3. The highest BCUT2D eigenvalue weighted by Gasteiger charge is 2.41. The molecule has 0 aromatic heterocycles. The molecule has 2 N–H and O–H groups in total. The first-order valence-corrected chi connectivity index (χ1v) is 15.1. The van der Waals surface area contributed by atoms with Crippen molar-refractivity contribution in [2.75, 3.05) is 31.1 Å². The van der Waals surface area contributed by atoms with Gasteiger partial charge in [-0.2, -0.15) is 0 Å². The van der Waals surface area contributed by atoms with Crippen LogP contribution in [0.4, 0.5) is 15.3 Å². The van der Waals surface area contributed by atoms with E-state index in [1.165, 1.54) is 16.7 Å². The average molecular weight is 597 g/mol. The van der Waals surface area contributed by atoms with Crippen LogP contribution in [-0.4, -0.2) is 81.9 Å². The lowest BCUT2D eigenvalue weighted by molar-refractivity contribution is -0.120. The molecule has 11 heteroatoms. The molecule has 42 heavy (non-hydrogen) atoms. The first-order chi connectivity index (χ1) is 19.9. The molecule has 2 heterocycles. The number of nitrogens with zero attached hydrogens (tertiary/aromatic N) is 3. The number of alkyl carbamates (subject to hydrolysis) is 1. The van der Waals surface area contributed by atoms with Crippen molar-refractivity contribution in [3.05, 3.63) is 59.2 Å². The van der Waals surface area contributed by atoms with Crippen LogP contribution in [0, 0.1) is 6.92 Å². The number of amides is 4. The Morgan fingerprint density at radius 2 is 1.90 bits per heavy atom. The largest absolute Gasteiger partial charge is 0.465 e. The minimum atomic E-state index is -0.979. The van der Waals surface area contributed by atoms with Gasteiger partial charge in [0.05, 0.1) is 16.5 Å². The van der Waals surface area contributed by atoms with Crippen molar-refractivity contribution in [3.63, 3.8) is 0 Å². The van der Waals surface area contributed by atoms with Crippen molar-refractivity contribution in [1.82, 2.24) is 15.1 Å². The number of likely N-dealkylation sites (tertiary alicyclic amines) is 1. The summed E-state index contributed by atoms with van der Waals surface area (Å²) in [7, 11) is 0. The number of benzene rings is 2. The van der Waals surface area contributed by atoms with Crippen molar-refractivity contribution in [3.8, 4) is 0 Å². The van der Waals surface area contributed by atoms with Crippen molar-refractivity contribution < 1.29 is 29.0 Å². The first-order valence-electron chi connectivity index (χ1n) is 14.3. The average Bonchev–Trinajstić information content (AvgIpc) is 2.94. The monoisotopic (exact) mass is 596 g/mol. The summed E-state index contributed by atoms with van der Waals surface area (Å²) in [6, 6.07) is 12.7. The lowest BCUT2D eigenvalue weighted by atomic mass is 9.99. The van der Waals surface area contributed by atoms with Crippen LogP contribution in [0.25, 0.3) is 0 Å². The zero-order valence-corrected chi connectivity index (χ0v) is 25.7. The van der Waals surface area contributed by atoms with Gasteiger partial charge in [0.15, 0.2) is 0 Å². The van der Waals surface area contributed by atoms with Crippen molar-refractivity contribution in [2.24, 2.45) is 0 Å². The summed E-state index contributed by atoms with van der Waals surface area (Å²) < 4.78 is 4.57. The van der Waals surface area contributed by atoms with Gasteiger partial charge in [0.25, 0.3) is 5.91 Å². The first kappa shape index (κ1) is 31.2. The summed E-state index contributed by atoms with van der Waals surface area (Å²) >= 11 is 1.45. The third-order valence-corrected chi connectivity index (χ3v) is 8.85. The maximum absolute atomic E-state index is 14.1. The molecule has 1 saturated heterocycles. The van der Waals surface area contributed by atoms with Gasteiger partial charge in [-0.25, -0.2) is 9.59 Å². The molecule has 10 nitrogen and oxygen atoms in total. The van der Waals surface area contributed by atoms with E-state index >= 15 is 0 Å². The second-order valence-electron chi connectivity index (χ2n) is 11.5. The van der Waals surface area contributed by atoms with Gasteiger partial charge in [0, 0.05) is 42.7 Å². The van der Waals surface area contributed by atoms with Gasteiger partial charge < -0.3 is 29.9 Å². The van der Waals surface area contributed by atoms with Gasteiger partial charge in [-0.05, 0) is 70.7 Å². The molecule has 2 aromatic carbocycles. The third-order valence-electron chi connectivity index (χ3n) is 7.62. The Kier molecular flexibility index (Phi) is 9.71. The molecular weight excluding hydrogens is 556 g/mol. The van der Waals surface area contributed by atoms with Crippen molar-refractivity contribution in [1.29, 1.82) is 0 Å². The lowest BCUT2D eigenvalue weighted by Crippen LogP contribution is -2.54. The lowest BCUT2D eigenvalue weighted by Gasteiger charge is -2.41. The molecule has 1 atom stereocenters. The van der Waals surface area contributed by atoms with Crippen LogP contribution in [0.1, 0.15) is 62.0 Å². The second-order valence-corrected chi connectivity index (χ2v) is 13.2. The zero-order chi connectivity index (χ0) is 30.6. The Morgan fingerprint density at radius 1 is 1.19 bits per heavy atom. The number of carboxylic acid groups (broad SMARTS) is 1. The topological polar surface area (TPSA) is 119 Å². The van der Waals surface area contributed by atoms with Gasteiger partial charge in [0.1, 0.15) is 6.61 Å². The minimum absolute atomic E-state index is 0.119. The molecule has 0 spiro atoms. The predicted octanol–water partition coefficient (Wildman–Crippen LogP) is 5.13. The number of ether oxygens (including phenoxy) is 1. The van der Waals surface area contributed by atoms with Gasteiger partial charge in [-0.3, -0.25) is 9.59 Å². The molecule has 2 aliphatic heterocycles. The maximum atomic E-state index is 14.1. The third kappa shape index (κ3) is 7.00. The van der Waals surface area contributed by atoms with Crippen LogP contribution in [0.3, 0.4) is 0 Å². The second kappa shape index (κ2) is 13.1. The van der Waals surface area contributed by atoms with Crippen LogP contribution in [0.2, 0.25) is 0 Å². The van der Waals surface area contributed by atoms with E-state index in [0.29, 0.717) is 24.2 Å². The number of rotatable bonds is 8. The quantitative estimate of drug-likeness (QED) is 0.434. The molecular formula is C31H40N4O6S. The Bertz CT molecular complexity index is 1330. The van der Waals surface area contributed by atoms with Crippen LogP contribution >= 0.6 is 11.8 Å². The van der Waals surface area contributed by atoms with E-state index in [2.05, 4.69) is 5.32 Å². The van der Waals surface area contributed by atoms with E-state index in [0.717, 1.165) is 22.4 Å². The normalized spacial score (nSPS) is 18.0. The number of anilines is 1. The van der Waals surface area contributed by atoms with E-state index in [4.69, 9.17) is 4.74 Å². The summed E-state index contributed by atoms with van der Waals surface area (Å²) in [5.74, 6) is -0.306. The number of hydrogen-bond acceptors (Lipinski definition) is 6. The maximum Gasteiger partial charge on any atom is 0.407 e. The molecule has 2 aliphatic rings. The highest BCUT2D eigenvalue weighted by Crippen LogP contribution is 2.46. The molecule has 0 radical (unpaired) electrons. The smallest absolute Gasteiger partial charge is 0.407 e. The Balaban J connectivity index is 1.54. The van der Waals surface area contributed by atoms with E-state index < -0.39 is 16.9 Å². The summed E-state index contributed by atoms with van der Waals surface area (Å²) in [6.45, 7) is 10.7. The Morgan fingerprint density at radius 3 is 2.57 bits per heavy atom. The standard InChI is InChI=1S/C31H40N4O6S/c1-20(2)35(23-12-9-14-33(18-23)30(39)40)27(36)24-17-25-26(16-21(24)3)42-31(4,5)28(37)34(25)15-13-32-29(38)41-19-22-10-7-6-8-11-22/h6-8,10-11,16-17,20,23H,9,12-15,18-19H2,1-5H3,(H,32,38)(H,39,40)/t23-/m1/s1. The summed E-state index contributed by atoms with van der Waals surface area (Å²) in [5, 5.41) is 12.3. The molecule has 4 amide bonds. The highest BCUT2D eigenvalue weighted by molar-refractivity contribution is 8.01. The number of fused-ring (bicyclic) bond motifs is 1. The van der Waals surface area contributed by atoms with Gasteiger partial charge in [0.2, 0.25) is 5.91 Å². The minimum Gasteiger partial charge on any atom is -0.465 e. The number of nitrogens with one attached hydrogen (secondary N) is 1. The molecule has 0 unspecified atom stereocenters. The molecule has 4 rings (SSSR count). The van der Waals surface area contributed by atoms with E-state index in [1.54, 1.807) is 15.9 Å². The van der Waals surface area contributed by atoms with Crippen LogP contribution < -0.4 is 10.2 Å². The number of carbonyl (C=O) groups is 4.